The van der Waals surface area contributed by atoms with E-state index in [2.05, 4.69) is 10.4 Å². The maximum atomic E-state index is 11.9. The number of nitrogen functional groups attached to an aromatic ring is 1. The second kappa shape index (κ2) is 6.26. The van der Waals surface area contributed by atoms with Gasteiger partial charge in [-0.15, -0.1) is 0 Å². The number of carbonyl (C=O) groups excluding carboxylic acids is 1. The zero-order valence-corrected chi connectivity index (χ0v) is 10.5. The Kier molecular flexibility index (Phi) is 4.72. The predicted octanol–water partition coefficient (Wildman–Crippen LogP) is -1.16. The second-order valence-electron chi connectivity index (χ2n) is 3.74. The van der Waals surface area contributed by atoms with Crippen LogP contribution in [0.5, 0.6) is 0 Å². The number of anilines is 2. The third-order valence-corrected chi connectivity index (χ3v) is 2.31. The number of amides is 3. The predicted molar refractivity (Wildman–Crippen MR) is 67.2 cm³/mol. The number of nitrogens with one attached hydrogen (secondary N) is 3. The molecule has 0 unspecified atom stereocenters. The van der Waals surface area contributed by atoms with E-state index in [1.807, 2.05) is 10.6 Å². The highest BCUT2D eigenvalue weighted by Gasteiger charge is 2.22. The van der Waals surface area contributed by atoms with Crippen LogP contribution in [-0.4, -0.2) is 50.7 Å². The standard InChI is InChI=1S/C9H14N6O5/c1-15-6(10)4(3-12-15)13-7(16)5(14-9(19)20)2-11-8(17)18/h3,5,11,14H,2,10H2,1H3,(H,13,16)(H,17,18)(H,19,20)/t5-/m0/s1. The first kappa shape index (κ1) is 15.1. The monoisotopic (exact) mass is 286 g/mol. The molecule has 7 N–H and O–H groups in total. The molecule has 1 rings (SSSR count). The topological polar surface area (TPSA) is 172 Å². The van der Waals surface area contributed by atoms with Crippen molar-refractivity contribution in [2.75, 3.05) is 17.6 Å². The van der Waals surface area contributed by atoms with Crippen molar-refractivity contribution < 1.29 is 24.6 Å². The minimum absolute atomic E-state index is 0.179. The van der Waals surface area contributed by atoms with Crippen molar-refractivity contribution in [3.8, 4) is 0 Å². The summed E-state index contributed by atoms with van der Waals surface area (Å²) in [5.74, 6) is -0.584. The largest absolute Gasteiger partial charge is 0.465 e. The summed E-state index contributed by atoms with van der Waals surface area (Å²) >= 11 is 0. The van der Waals surface area contributed by atoms with Crippen LogP contribution in [0.2, 0.25) is 0 Å². The number of aryl methyl sites for hydroxylation is 1. The lowest BCUT2D eigenvalue weighted by molar-refractivity contribution is -0.117. The van der Waals surface area contributed by atoms with E-state index in [0.717, 1.165) is 0 Å². The van der Waals surface area contributed by atoms with Crippen molar-refractivity contribution in [1.29, 1.82) is 0 Å². The Bertz CT molecular complexity index is 527. The van der Waals surface area contributed by atoms with E-state index in [1.54, 1.807) is 7.05 Å². The summed E-state index contributed by atoms with van der Waals surface area (Å²) in [5.41, 5.74) is 5.81. The molecule has 1 atom stereocenters. The zero-order chi connectivity index (χ0) is 15.3. The Labute approximate surface area is 112 Å². The molecule has 0 aliphatic rings. The summed E-state index contributed by atoms with van der Waals surface area (Å²) in [5, 5.41) is 27.0. The molecule has 0 bridgehead atoms. The Hall–Kier alpha value is -2.98. The third-order valence-electron chi connectivity index (χ3n) is 2.31. The lowest BCUT2D eigenvalue weighted by Gasteiger charge is -2.16. The van der Waals surface area contributed by atoms with E-state index < -0.39 is 30.7 Å². The van der Waals surface area contributed by atoms with Gasteiger partial charge in [0.1, 0.15) is 17.5 Å². The van der Waals surface area contributed by atoms with Gasteiger partial charge in [0.05, 0.1) is 12.7 Å². The molecule has 0 aromatic carbocycles. The number of aromatic nitrogens is 2. The van der Waals surface area contributed by atoms with Gasteiger partial charge in [-0.05, 0) is 0 Å². The van der Waals surface area contributed by atoms with Crippen molar-refractivity contribution in [1.82, 2.24) is 20.4 Å². The fraction of sp³-hybridized carbons (Fsp3) is 0.333. The van der Waals surface area contributed by atoms with Gasteiger partial charge < -0.3 is 31.9 Å². The maximum absolute atomic E-state index is 11.9. The van der Waals surface area contributed by atoms with Crippen LogP contribution < -0.4 is 21.7 Å². The van der Waals surface area contributed by atoms with E-state index in [0.29, 0.717) is 0 Å². The van der Waals surface area contributed by atoms with Gasteiger partial charge in [-0.2, -0.15) is 5.10 Å². The Morgan fingerprint density at radius 1 is 1.40 bits per heavy atom. The first-order valence-corrected chi connectivity index (χ1v) is 5.36. The summed E-state index contributed by atoms with van der Waals surface area (Å²) in [6.45, 7) is -0.423. The van der Waals surface area contributed by atoms with E-state index >= 15 is 0 Å². The minimum atomic E-state index is -1.46. The average Bonchev–Trinajstić information content (AvgIpc) is 2.65. The Morgan fingerprint density at radius 2 is 2.05 bits per heavy atom. The van der Waals surface area contributed by atoms with Gasteiger partial charge in [0.25, 0.3) is 0 Å². The van der Waals surface area contributed by atoms with Gasteiger partial charge in [-0.25, -0.2) is 9.59 Å². The average molecular weight is 286 g/mol. The van der Waals surface area contributed by atoms with Crippen molar-refractivity contribution in [3.05, 3.63) is 6.20 Å². The van der Waals surface area contributed by atoms with Crippen molar-refractivity contribution in [2.24, 2.45) is 7.05 Å². The zero-order valence-electron chi connectivity index (χ0n) is 10.5. The molecule has 110 valence electrons. The van der Waals surface area contributed by atoms with Crippen molar-refractivity contribution in [2.45, 2.75) is 6.04 Å². The molecule has 11 nitrogen and oxygen atoms in total. The third kappa shape index (κ3) is 4.04. The molecular weight excluding hydrogens is 272 g/mol. The van der Waals surface area contributed by atoms with Crippen LogP contribution in [0.1, 0.15) is 0 Å². The molecule has 0 aliphatic heterocycles. The summed E-state index contributed by atoms with van der Waals surface area (Å²) < 4.78 is 1.31. The van der Waals surface area contributed by atoms with Crippen molar-refractivity contribution >= 4 is 29.6 Å². The van der Waals surface area contributed by atoms with Gasteiger partial charge >= 0.3 is 12.2 Å². The van der Waals surface area contributed by atoms with Crippen LogP contribution in [0.4, 0.5) is 21.1 Å². The maximum Gasteiger partial charge on any atom is 0.405 e. The molecule has 1 heterocycles. The fourth-order valence-corrected chi connectivity index (χ4v) is 1.31. The molecule has 0 spiro atoms. The van der Waals surface area contributed by atoms with Gasteiger partial charge in [0, 0.05) is 7.05 Å². The van der Waals surface area contributed by atoms with Gasteiger partial charge in [0.2, 0.25) is 5.91 Å². The lowest BCUT2D eigenvalue weighted by atomic mass is 10.2. The van der Waals surface area contributed by atoms with E-state index in [4.69, 9.17) is 15.9 Å². The van der Waals surface area contributed by atoms with Crippen molar-refractivity contribution in [3.63, 3.8) is 0 Å². The number of hydrogen-bond acceptors (Lipinski definition) is 5. The van der Waals surface area contributed by atoms with E-state index in [-0.39, 0.29) is 11.5 Å². The molecule has 11 heteroatoms. The summed E-state index contributed by atoms with van der Waals surface area (Å²) in [6.07, 6.45) is -1.55. The molecule has 1 aromatic heterocycles. The first-order chi connectivity index (χ1) is 9.31. The minimum Gasteiger partial charge on any atom is -0.465 e. The molecule has 0 radical (unpaired) electrons. The molecule has 0 aliphatic carbocycles. The van der Waals surface area contributed by atoms with Gasteiger partial charge in [-0.1, -0.05) is 0 Å². The molecule has 0 fully saturated rings. The molecule has 1 aromatic rings. The van der Waals surface area contributed by atoms with Crippen LogP contribution >= 0.6 is 0 Å². The Balaban J connectivity index is 2.74. The number of hydrogen-bond donors (Lipinski definition) is 6. The van der Waals surface area contributed by atoms with E-state index in [1.165, 1.54) is 10.9 Å². The number of rotatable bonds is 5. The van der Waals surface area contributed by atoms with Crippen LogP contribution in [0.15, 0.2) is 6.20 Å². The number of carbonyl (C=O) groups is 3. The molecule has 3 amide bonds. The van der Waals surface area contributed by atoms with Crippen LogP contribution in [-0.2, 0) is 11.8 Å². The number of carboxylic acid groups (broad SMARTS) is 2. The van der Waals surface area contributed by atoms with Gasteiger partial charge in [-0.3, -0.25) is 9.48 Å². The highest BCUT2D eigenvalue weighted by Crippen LogP contribution is 2.15. The summed E-state index contributed by atoms with van der Waals surface area (Å²) in [7, 11) is 1.56. The number of nitrogens with zero attached hydrogens (tertiary/aromatic N) is 2. The quantitative estimate of drug-likeness (QED) is 0.396. The number of nitrogens with two attached hydrogens (primary N) is 1. The van der Waals surface area contributed by atoms with Gasteiger partial charge in [0.15, 0.2) is 0 Å². The van der Waals surface area contributed by atoms with Crippen LogP contribution in [0, 0.1) is 0 Å². The van der Waals surface area contributed by atoms with E-state index in [9.17, 15) is 14.4 Å². The second-order valence-corrected chi connectivity index (χ2v) is 3.74. The normalized spacial score (nSPS) is 11.4. The Morgan fingerprint density at radius 3 is 2.50 bits per heavy atom. The summed E-state index contributed by atoms with van der Waals surface area (Å²) in [4.78, 5) is 32.8. The molecule has 0 saturated heterocycles. The molecule has 20 heavy (non-hydrogen) atoms. The highest BCUT2D eigenvalue weighted by atomic mass is 16.4. The SMILES string of the molecule is Cn1ncc(NC(=O)[C@H](CNC(=O)O)NC(=O)O)c1N. The summed E-state index contributed by atoms with van der Waals surface area (Å²) in [6, 6.07) is -1.30. The molecular formula is C9H14N6O5. The molecule has 0 saturated carbocycles. The lowest BCUT2D eigenvalue weighted by Crippen LogP contribution is -2.50. The fourth-order valence-electron chi connectivity index (χ4n) is 1.31. The highest BCUT2D eigenvalue weighted by molar-refractivity contribution is 5.98. The van der Waals surface area contributed by atoms with Crippen LogP contribution in [0.3, 0.4) is 0 Å². The van der Waals surface area contributed by atoms with Crippen LogP contribution in [0.25, 0.3) is 0 Å². The first-order valence-electron chi connectivity index (χ1n) is 5.36. The smallest absolute Gasteiger partial charge is 0.405 e.